The lowest BCUT2D eigenvalue weighted by Crippen LogP contribution is -2.37. The van der Waals surface area contributed by atoms with Gasteiger partial charge in [0.25, 0.3) is 0 Å². The van der Waals surface area contributed by atoms with E-state index in [0.717, 1.165) is 36.6 Å². The summed E-state index contributed by atoms with van der Waals surface area (Å²) >= 11 is 0. The van der Waals surface area contributed by atoms with E-state index in [4.69, 9.17) is 0 Å². The van der Waals surface area contributed by atoms with Crippen LogP contribution in [0, 0.1) is 0 Å². The molecule has 0 fully saturated rings. The first kappa shape index (κ1) is 21.4. The zero-order valence-electron chi connectivity index (χ0n) is 15.6. The van der Waals surface area contributed by atoms with Gasteiger partial charge in [-0.25, -0.2) is 18.1 Å². The van der Waals surface area contributed by atoms with E-state index in [1.54, 1.807) is 0 Å². The highest BCUT2D eigenvalue weighted by Gasteiger charge is 2.08. The molecule has 0 bridgehead atoms. The van der Waals surface area contributed by atoms with Crippen LogP contribution in [0.4, 0.5) is 0 Å². The molecule has 3 N–H and O–H groups in total. The maximum absolute atomic E-state index is 11.6. The summed E-state index contributed by atoms with van der Waals surface area (Å²) in [7, 11) is -1.81. The summed E-state index contributed by atoms with van der Waals surface area (Å²) in [5.41, 5.74) is 1.82. The van der Waals surface area contributed by atoms with Crippen molar-refractivity contribution in [2.45, 2.75) is 51.8 Å². The van der Waals surface area contributed by atoms with Crippen LogP contribution in [0.25, 0.3) is 0 Å². The average Bonchev–Trinajstić information content (AvgIpc) is 2.60. The third-order valence-corrected chi connectivity index (χ3v) is 5.11. The third-order valence-electron chi connectivity index (χ3n) is 3.78. The van der Waals surface area contributed by atoms with Gasteiger partial charge in [-0.1, -0.05) is 50.5 Å². The first-order valence-electron chi connectivity index (χ1n) is 9.02. The highest BCUT2D eigenvalue weighted by molar-refractivity contribution is 7.88. The molecule has 0 radical (unpaired) electrons. The van der Waals surface area contributed by atoms with Crippen LogP contribution in [0.5, 0.6) is 0 Å². The van der Waals surface area contributed by atoms with Crippen molar-refractivity contribution in [3.8, 4) is 0 Å². The highest BCUT2D eigenvalue weighted by atomic mass is 32.2. The lowest BCUT2D eigenvalue weighted by Gasteiger charge is -2.11. The third kappa shape index (κ3) is 9.45. The van der Waals surface area contributed by atoms with E-state index in [9.17, 15) is 8.42 Å². The number of aliphatic imine (C=N–C) groups is 1. The van der Waals surface area contributed by atoms with Crippen LogP contribution < -0.4 is 15.4 Å². The molecular weight excluding hydrogens is 336 g/mol. The molecule has 0 unspecified atom stereocenters. The van der Waals surface area contributed by atoms with Crippen molar-refractivity contribution >= 4 is 16.0 Å². The van der Waals surface area contributed by atoms with E-state index >= 15 is 0 Å². The van der Waals surface area contributed by atoms with Crippen molar-refractivity contribution in [2.24, 2.45) is 4.99 Å². The molecule has 0 aliphatic carbocycles. The smallest absolute Gasteiger partial charge is 0.215 e. The number of hydrogen-bond donors (Lipinski definition) is 3. The average molecular weight is 369 g/mol. The van der Waals surface area contributed by atoms with Gasteiger partial charge in [-0.3, -0.25) is 0 Å². The van der Waals surface area contributed by atoms with Crippen LogP contribution in [0.2, 0.25) is 0 Å². The highest BCUT2D eigenvalue weighted by Crippen LogP contribution is 2.08. The van der Waals surface area contributed by atoms with Gasteiger partial charge in [0.05, 0.1) is 12.3 Å². The van der Waals surface area contributed by atoms with E-state index < -0.39 is 10.0 Å². The van der Waals surface area contributed by atoms with E-state index in [1.807, 2.05) is 31.2 Å². The Balaban J connectivity index is 2.54. The first-order valence-corrected chi connectivity index (χ1v) is 10.7. The monoisotopic (exact) mass is 368 g/mol. The number of hydrogen-bond acceptors (Lipinski definition) is 3. The van der Waals surface area contributed by atoms with Gasteiger partial charge >= 0.3 is 0 Å². The summed E-state index contributed by atoms with van der Waals surface area (Å²) < 4.78 is 25.4. The second kappa shape index (κ2) is 11.9. The molecule has 0 aromatic heterocycles. The van der Waals surface area contributed by atoms with Crippen molar-refractivity contribution in [1.29, 1.82) is 0 Å². The molecule has 0 spiro atoms. The normalized spacial score (nSPS) is 12.2. The molecule has 1 rings (SSSR count). The van der Waals surface area contributed by atoms with Crippen molar-refractivity contribution in [3.05, 3.63) is 35.4 Å². The summed E-state index contributed by atoms with van der Waals surface area (Å²) in [4.78, 5) is 4.59. The van der Waals surface area contributed by atoms with Gasteiger partial charge in [0.2, 0.25) is 10.0 Å². The molecule has 0 saturated heterocycles. The molecule has 0 aliphatic rings. The molecule has 142 valence electrons. The Bertz CT molecular complexity index is 612. The second-order valence-electron chi connectivity index (χ2n) is 5.96. The fraction of sp³-hybridized carbons (Fsp3) is 0.611. The lowest BCUT2D eigenvalue weighted by atomic mass is 10.1. The molecule has 1 aromatic carbocycles. The molecule has 0 atom stereocenters. The summed E-state index contributed by atoms with van der Waals surface area (Å²) in [6, 6.07) is 7.53. The lowest BCUT2D eigenvalue weighted by molar-refractivity contribution is 0.587. The predicted octanol–water partition coefficient (Wildman–Crippen LogP) is 2.37. The quantitative estimate of drug-likeness (QED) is 0.318. The van der Waals surface area contributed by atoms with Gasteiger partial charge in [0, 0.05) is 13.1 Å². The SMILES string of the molecule is CCCCCCNC(=NCc1ccc(CS(=O)(=O)NC)cc1)NCC. The summed E-state index contributed by atoms with van der Waals surface area (Å²) in [6.45, 7) is 6.56. The van der Waals surface area contributed by atoms with Crippen LogP contribution in [0.3, 0.4) is 0 Å². The fourth-order valence-corrected chi connectivity index (χ4v) is 3.08. The number of unbranched alkanes of at least 4 members (excludes halogenated alkanes) is 3. The van der Waals surface area contributed by atoms with E-state index in [1.165, 1.54) is 26.3 Å². The molecular formula is C18H32N4O2S. The molecule has 7 heteroatoms. The maximum Gasteiger partial charge on any atom is 0.215 e. The van der Waals surface area contributed by atoms with Crippen LogP contribution in [0.1, 0.15) is 50.7 Å². The van der Waals surface area contributed by atoms with Crippen LogP contribution >= 0.6 is 0 Å². The van der Waals surface area contributed by atoms with Crippen LogP contribution in [-0.2, 0) is 22.3 Å². The fourth-order valence-electron chi connectivity index (χ4n) is 2.30. The Morgan fingerprint density at radius 2 is 1.68 bits per heavy atom. The maximum atomic E-state index is 11.6. The molecule has 0 heterocycles. The van der Waals surface area contributed by atoms with Gasteiger partial charge in [-0.2, -0.15) is 0 Å². The Morgan fingerprint density at radius 1 is 1.00 bits per heavy atom. The van der Waals surface area contributed by atoms with Crippen molar-refractivity contribution in [2.75, 3.05) is 20.1 Å². The van der Waals surface area contributed by atoms with Gasteiger partial charge < -0.3 is 10.6 Å². The molecule has 1 aromatic rings. The number of guanidine groups is 1. The number of rotatable bonds is 11. The minimum atomic E-state index is -3.23. The number of sulfonamides is 1. The van der Waals surface area contributed by atoms with Gasteiger partial charge in [0.15, 0.2) is 5.96 Å². The second-order valence-corrected chi connectivity index (χ2v) is 7.89. The Morgan fingerprint density at radius 3 is 2.28 bits per heavy atom. The first-order chi connectivity index (χ1) is 12.0. The van der Waals surface area contributed by atoms with Gasteiger partial charge in [-0.05, 0) is 31.5 Å². The van der Waals surface area contributed by atoms with Crippen LogP contribution in [-0.4, -0.2) is 34.5 Å². The number of nitrogens with zero attached hydrogens (tertiary/aromatic N) is 1. The summed E-state index contributed by atoms with van der Waals surface area (Å²) in [5.74, 6) is 0.815. The molecule has 0 aliphatic heterocycles. The number of nitrogens with one attached hydrogen (secondary N) is 3. The minimum absolute atomic E-state index is 0.00496. The topological polar surface area (TPSA) is 82.6 Å². The standard InChI is InChI=1S/C18H32N4O2S/c1-4-6-7-8-13-21-18(20-5-2)22-14-16-9-11-17(12-10-16)15-25(23,24)19-3/h9-12,19H,4-8,13-15H2,1-3H3,(H2,20,21,22). The molecule has 6 nitrogen and oxygen atoms in total. The Labute approximate surface area is 152 Å². The van der Waals surface area contributed by atoms with Gasteiger partial charge in [0.1, 0.15) is 0 Å². The number of benzene rings is 1. The van der Waals surface area contributed by atoms with Crippen molar-refractivity contribution in [3.63, 3.8) is 0 Å². The Kier molecular flexibility index (Phi) is 10.2. The van der Waals surface area contributed by atoms with E-state index in [2.05, 4.69) is 27.3 Å². The zero-order valence-corrected chi connectivity index (χ0v) is 16.5. The zero-order chi connectivity index (χ0) is 18.5. The minimum Gasteiger partial charge on any atom is -0.357 e. The van der Waals surface area contributed by atoms with E-state index in [0.29, 0.717) is 6.54 Å². The van der Waals surface area contributed by atoms with Crippen molar-refractivity contribution in [1.82, 2.24) is 15.4 Å². The van der Waals surface area contributed by atoms with Crippen molar-refractivity contribution < 1.29 is 8.42 Å². The molecule has 0 saturated carbocycles. The van der Waals surface area contributed by atoms with E-state index in [-0.39, 0.29) is 5.75 Å². The molecule has 0 amide bonds. The predicted molar refractivity (Wildman–Crippen MR) is 105 cm³/mol. The molecule has 25 heavy (non-hydrogen) atoms. The Hall–Kier alpha value is -1.60. The largest absolute Gasteiger partial charge is 0.357 e. The summed E-state index contributed by atoms with van der Waals surface area (Å²) in [5, 5.41) is 6.60. The summed E-state index contributed by atoms with van der Waals surface area (Å²) in [6.07, 6.45) is 4.89. The van der Waals surface area contributed by atoms with Gasteiger partial charge in [-0.15, -0.1) is 0 Å². The van der Waals surface area contributed by atoms with Crippen LogP contribution in [0.15, 0.2) is 29.3 Å².